The molecule has 1 heterocycles. The second-order valence-corrected chi connectivity index (χ2v) is 7.01. The van der Waals surface area contributed by atoms with E-state index in [9.17, 15) is 9.18 Å². The van der Waals surface area contributed by atoms with Crippen molar-refractivity contribution in [1.29, 1.82) is 0 Å². The van der Waals surface area contributed by atoms with Crippen LogP contribution in [0.15, 0.2) is 28.7 Å². The molecule has 1 atom stereocenters. The molecule has 1 unspecified atom stereocenters. The quantitative estimate of drug-likeness (QED) is 0.844. The van der Waals surface area contributed by atoms with E-state index in [1.54, 1.807) is 11.3 Å². The largest absolute Gasteiger partial charge is 0.345 e. The number of carbonyl (C=O) groups excluding carboxylic acids is 1. The van der Waals surface area contributed by atoms with Crippen LogP contribution in [0, 0.1) is 19.7 Å². The first-order valence-corrected chi connectivity index (χ1v) is 7.82. The lowest BCUT2D eigenvalue weighted by atomic mass is 10.1. The molecule has 20 heavy (non-hydrogen) atoms. The minimum Gasteiger partial charge on any atom is -0.345 e. The maximum atomic E-state index is 13.2. The van der Waals surface area contributed by atoms with Gasteiger partial charge < -0.3 is 5.32 Å². The maximum Gasteiger partial charge on any atom is 0.251 e. The zero-order valence-electron chi connectivity index (χ0n) is 11.5. The minimum atomic E-state index is -0.376. The van der Waals surface area contributed by atoms with Gasteiger partial charge >= 0.3 is 0 Å². The molecular formula is C15H15BrFNOS. The Kier molecular flexibility index (Phi) is 4.60. The molecule has 0 radical (unpaired) electrons. The van der Waals surface area contributed by atoms with Crippen LogP contribution < -0.4 is 5.32 Å². The molecule has 0 aliphatic heterocycles. The lowest BCUT2D eigenvalue weighted by Crippen LogP contribution is -2.26. The molecule has 1 aromatic carbocycles. The van der Waals surface area contributed by atoms with Gasteiger partial charge in [0.05, 0.1) is 10.5 Å². The Morgan fingerprint density at radius 3 is 2.60 bits per heavy atom. The summed E-state index contributed by atoms with van der Waals surface area (Å²) in [7, 11) is 0. The zero-order valence-corrected chi connectivity index (χ0v) is 13.9. The summed E-state index contributed by atoms with van der Waals surface area (Å²) in [5.74, 6) is -0.583. The van der Waals surface area contributed by atoms with E-state index >= 15 is 0 Å². The van der Waals surface area contributed by atoms with Crippen molar-refractivity contribution in [1.82, 2.24) is 5.32 Å². The molecule has 2 rings (SSSR count). The number of thiophene rings is 1. The van der Waals surface area contributed by atoms with Gasteiger partial charge in [0.2, 0.25) is 0 Å². The van der Waals surface area contributed by atoms with Gasteiger partial charge in [-0.25, -0.2) is 4.39 Å². The second kappa shape index (κ2) is 6.06. The van der Waals surface area contributed by atoms with E-state index < -0.39 is 0 Å². The molecule has 0 saturated heterocycles. The molecule has 0 spiro atoms. The first kappa shape index (κ1) is 15.2. The van der Waals surface area contributed by atoms with E-state index in [1.165, 1.54) is 28.0 Å². The number of halogens is 2. The smallest absolute Gasteiger partial charge is 0.251 e. The molecule has 0 saturated carbocycles. The van der Waals surface area contributed by atoms with Gasteiger partial charge in [-0.1, -0.05) is 0 Å². The number of rotatable bonds is 3. The van der Waals surface area contributed by atoms with Crippen molar-refractivity contribution >= 4 is 33.2 Å². The van der Waals surface area contributed by atoms with Crippen molar-refractivity contribution in [3.05, 3.63) is 55.4 Å². The Bertz CT molecular complexity index is 653. The fourth-order valence-electron chi connectivity index (χ4n) is 2.08. The first-order chi connectivity index (χ1) is 9.38. The third-order valence-electron chi connectivity index (χ3n) is 3.08. The molecule has 0 aliphatic carbocycles. The van der Waals surface area contributed by atoms with Crippen LogP contribution in [0.2, 0.25) is 0 Å². The monoisotopic (exact) mass is 355 g/mol. The number of amides is 1. The molecule has 1 aromatic heterocycles. The van der Waals surface area contributed by atoms with E-state index in [2.05, 4.69) is 27.3 Å². The van der Waals surface area contributed by atoms with Gasteiger partial charge in [0.1, 0.15) is 5.82 Å². The maximum absolute atomic E-state index is 13.2. The summed E-state index contributed by atoms with van der Waals surface area (Å²) in [6.07, 6.45) is 0. The first-order valence-electron chi connectivity index (χ1n) is 6.21. The number of nitrogens with one attached hydrogen (secondary N) is 1. The lowest BCUT2D eigenvalue weighted by Gasteiger charge is -2.14. The van der Waals surface area contributed by atoms with E-state index in [-0.39, 0.29) is 17.8 Å². The van der Waals surface area contributed by atoms with E-state index in [1.807, 2.05) is 20.8 Å². The van der Waals surface area contributed by atoms with Crippen molar-refractivity contribution in [2.24, 2.45) is 0 Å². The lowest BCUT2D eigenvalue weighted by molar-refractivity contribution is 0.0940. The highest BCUT2D eigenvalue weighted by Gasteiger charge is 2.15. The molecule has 1 amide bonds. The summed E-state index contributed by atoms with van der Waals surface area (Å²) >= 11 is 4.80. The minimum absolute atomic E-state index is 0.0729. The summed E-state index contributed by atoms with van der Waals surface area (Å²) in [6, 6.07) is 6.27. The molecule has 0 bridgehead atoms. The van der Waals surface area contributed by atoms with Crippen LogP contribution in [0.4, 0.5) is 4.39 Å². The van der Waals surface area contributed by atoms with E-state index in [0.717, 1.165) is 5.56 Å². The number of aryl methyl sites for hydroxylation is 2. The Balaban J connectivity index is 2.15. The Hall–Kier alpha value is -1.20. The van der Waals surface area contributed by atoms with Gasteiger partial charge in [0.25, 0.3) is 5.91 Å². The summed E-state index contributed by atoms with van der Waals surface area (Å²) in [4.78, 5) is 14.6. The molecule has 5 heteroatoms. The van der Waals surface area contributed by atoms with Crippen LogP contribution in [-0.4, -0.2) is 5.91 Å². The highest BCUT2D eigenvalue weighted by molar-refractivity contribution is 9.10. The molecule has 1 N–H and O–H groups in total. The predicted molar refractivity (Wildman–Crippen MR) is 83.8 cm³/mol. The SMILES string of the molecule is Cc1cc(C(C)NC(=O)c2ccc(F)c(Br)c2)c(C)s1. The van der Waals surface area contributed by atoms with Crippen LogP contribution in [0.3, 0.4) is 0 Å². The summed E-state index contributed by atoms with van der Waals surface area (Å²) in [5, 5.41) is 2.94. The van der Waals surface area contributed by atoms with E-state index in [0.29, 0.717) is 10.0 Å². The molecular weight excluding hydrogens is 341 g/mol. The fraction of sp³-hybridized carbons (Fsp3) is 0.267. The summed E-state index contributed by atoms with van der Waals surface area (Å²) < 4.78 is 13.5. The Morgan fingerprint density at radius 1 is 1.35 bits per heavy atom. The standard InChI is InChI=1S/C15H15BrFNOS/c1-8-6-12(10(3)20-8)9(2)18-15(19)11-4-5-14(17)13(16)7-11/h4-7,9H,1-3H3,(H,18,19). The highest BCUT2D eigenvalue weighted by atomic mass is 79.9. The van der Waals surface area contributed by atoms with Crippen LogP contribution >= 0.6 is 27.3 Å². The highest BCUT2D eigenvalue weighted by Crippen LogP contribution is 2.26. The van der Waals surface area contributed by atoms with Crippen molar-refractivity contribution in [2.75, 3.05) is 0 Å². The van der Waals surface area contributed by atoms with Crippen molar-refractivity contribution in [3.63, 3.8) is 0 Å². The third-order valence-corrected chi connectivity index (χ3v) is 4.66. The fourth-order valence-corrected chi connectivity index (χ4v) is 3.48. The van der Waals surface area contributed by atoms with Crippen molar-refractivity contribution < 1.29 is 9.18 Å². The van der Waals surface area contributed by atoms with Gasteiger partial charge in [0.15, 0.2) is 0 Å². The van der Waals surface area contributed by atoms with Gasteiger partial charge in [-0.2, -0.15) is 0 Å². The number of hydrogen-bond acceptors (Lipinski definition) is 2. The molecule has 0 aliphatic rings. The van der Waals surface area contributed by atoms with Crippen molar-refractivity contribution in [3.8, 4) is 0 Å². The summed E-state index contributed by atoms with van der Waals surface area (Å²) in [6.45, 7) is 6.04. The van der Waals surface area contributed by atoms with Gasteiger partial charge in [-0.05, 0) is 66.5 Å². The van der Waals surface area contributed by atoms with Gasteiger partial charge in [-0.3, -0.25) is 4.79 Å². The van der Waals surface area contributed by atoms with E-state index in [4.69, 9.17) is 0 Å². The normalized spacial score (nSPS) is 12.2. The molecule has 0 fully saturated rings. The van der Waals surface area contributed by atoms with Crippen molar-refractivity contribution in [2.45, 2.75) is 26.8 Å². The Morgan fingerprint density at radius 2 is 2.05 bits per heavy atom. The molecule has 2 nitrogen and oxygen atoms in total. The third kappa shape index (κ3) is 3.27. The van der Waals surface area contributed by atoms with Crippen LogP contribution in [-0.2, 0) is 0 Å². The van der Waals surface area contributed by atoms with Crippen LogP contribution in [0.1, 0.15) is 38.6 Å². The molecule has 106 valence electrons. The average molecular weight is 356 g/mol. The Labute approximate surface area is 130 Å². The van der Waals surface area contributed by atoms with Crippen LogP contribution in [0.5, 0.6) is 0 Å². The molecule has 2 aromatic rings. The number of benzene rings is 1. The van der Waals surface area contributed by atoms with Crippen LogP contribution in [0.25, 0.3) is 0 Å². The van der Waals surface area contributed by atoms with Gasteiger partial charge in [0, 0.05) is 15.3 Å². The van der Waals surface area contributed by atoms with Gasteiger partial charge in [-0.15, -0.1) is 11.3 Å². The topological polar surface area (TPSA) is 29.1 Å². The summed E-state index contributed by atoms with van der Waals surface area (Å²) in [5.41, 5.74) is 1.57. The average Bonchev–Trinajstić information content (AvgIpc) is 2.71. The number of carbonyl (C=O) groups is 1. The second-order valence-electron chi connectivity index (χ2n) is 4.69. The number of hydrogen-bond donors (Lipinski definition) is 1. The zero-order chi connectivity index (χ0) is 14.9. The predicted octanol–water partition coefficient (Wildman–Crippen LogP) is 4.76.